The van der Waals surface area contributed by atoms with E-state index in [9.17, 15) is 26.4 Å². The predicted molar refractivity (Wildman–Crippen MR) is 110 cm³/mol. The SMILES string of the molecule is CNS(=O)(=O)CCCCNc1nc(Nc2ccc3c(c2)CC(=O)N3)ncc1C(F)(F)F. The topological polar surface area (TPSA) is 125 Å². The summed E-state index contributed by atoms with van der Waals surface area (Å²) in [6.07, 6.45) is -3.15. The Hall–Kier alpha value is -2.93. The number of amides is 1. The van der Waals surface area contributed by atoms with Crippen LogP contribution in [-0.2, 0) is 27.4 Å². The molecule has 1 aliphatic rings. The number of aromatic nitrogens is 2. The first kappa shape index (κ1) is 22.7. The minimum absolute atomic E-state index is 0.0505. The maximum atomic E-state index is 13.3. The Morgan fingerprint density at radius 2 is 2.00 bits per heavy atom. The second-order valence-corrected chi connectivity index (χ2v) is 8.88. The molecule has 1 amide bonds. The lowest BCUT2D eigenvalue weighted by molar-refractivity contribution is -0.137. The van der Waals surface area contributed by atoms with E-state index in [1.807, 2.05) is 0 Å². The van der Waals surface area contributed by atoms with Crippen molar-refractivity contribution in [1.29, 1.82) is 0 Å². The van der Waals surface area contributed by atoms with Crippen LogP contribution in [0.25, 0.3) is 0 Å². The van der Waals surface area contributed by atoms with E-state index in [1.54, 1.807) is 18.2 Å². The zero-order valence-electron chi connectivity index (χ0n) is 16.5. The van der Waals surface area contributed by atoms with Gasteiger partial charge in [0, 0.05) is 24.1 Å². The van der Waals surface area contributed by atoms with Gasteiger partial charge < -0.3 is 16.0 Å². The van der Waals surface area contributed by atoms with Crippen LogP contribution < -0.4 is 20.7 Å². The average Bonchev–Trinajstić information content (AvgIpc) is 3.06. The summed E-state index contributed by atoms with van der Waals surface area (Å²) < 4.78 is 64.9. The van der Waals surface area contributed by atoms with Gasteiger partial charge in [-0.1, -0.05) is 0 Å². The third-order valence-electron chi connectivity index (χ3n) is 4.52. The summed E-state index contributed by atoms with van der Waals surface area (Å²) in [4.78, 5) is 19.1. The number of unbranched alkanes of at least 4 members (excludes halogenated alkanes) is 1. The van der Waals surface area contributed by atoms with Crippen molar-refractivity contribution in [3.63, 3.8) is 0 Å². The van der Waals surface area contributed by atoms with Gasteiger partial charge in [0.25, 0.3) is 0 Å². The van der Waals surface area contributed by atoms with Gasteiger partial charge in [0.1, 0.15) is 11.4 Å². The number of fused-ring (bicyclic) bond motifs is 1. The van der Waals surface area contributed by atoms with Crippen molar-refractivity contribution in [2.75, 3.05) is 35.3 Å². The molecule has 31 heavy (non-hydrogen) atoms. The molecule has 0 saturated carbocycles. The van der Waals surface area contributed by atoms with E-state index < -0.39 is 27.6 Å². The first-order valence-corrected chi connectivity index (χ1v) is 11.0. The molecule has 2 heterocycles. The first-order valence-electron chi connectivity index (χ1n) is 9.36. The average molecular weight is 458 g/mol. The van der Waals surface area contributed by atoms with E-state index in [0.717, 1.165) is 5.56 Å². The molecule has 0 spiro atoms. The van der Waals surface area contributed by atoms with Crippen LogP contribution in [0.1, 0.15) is 24.0 Å². The number of carbonyl (C=O) groups excluding carboxylic acids is 1. The number of carbonyl (C=O) groups is 1. The number of halogens is 3. The summed E-state index contributed by atoms with van der Waals surface area (Å²) in [5, 5.41) is 8.15. The highest BCUT2D eigenvalue weighted by Gasteiger charge is 2.35. The van der Waals surface area contributed by atoms with E-state index in [1.165, 1.54) is 7.05 Å². The summed E-state index contributed by atoms with van der Waals surface area (Å²) in [6, 6.07) is 5.04. The predicted octanol–water partition coefficient (Wildman–Crippen LogP) is 2.47. The van der Waals surface area contributed by atoms with E-state index in [2.05, 4.69) is 30.6 Å². The summed E-state index contributed by atoms with van der Waals surface area (Å²) in [5.74, 6) is -0.708. The van der Waals surface area contributed by atoms with E-state index >= 15 is 0 Å². The zero-order chi connectivity index (χ0) is 22.6. The number of hydrogen-bond acceptors (Lipinski definition) is 7. The van der Waals surface area contributed by atoms with Crippen LogP contribution in [0.4, 0.5) is 36.3 Å². The Morgan fingerprint density at radius 3 is 2.71 bits per heavy atom. The molecule has 168 valence electrons. The molecule has 1 aliphatic heterocycles. The molecule has 0 radical (unpaired) electrons. The summed E-state index contributed by atoms with van der Waals surface area (Å²) in [6.45, 7) is 0.103. The van der Waals surface area contributed by atoms with Crippen molar-refractivity contribution in [3.8, 4) is 0 Å². The molecular weight excluding hydrogens is 437 g/mol. The van der Waals surface area contributed by atoms with Gasteiger partial charge in [0.2, 0.25) is 21.9 Å². The minimum atomic E-state index is -4.66. The van der Waals surface area contributed by atoms with Gasteiger partial charge in [-0.15, -0.1) is 0 Å². The monoisotopic (exact) mass is 458 g/mol. The third-order valence-corrected chi connectivity index (χ3v) is 5.97. The Morgan fingerprint density at radius 1 is 1.23 bits per heavy atom. The van der Waals surface area contributed by atoms with Crippen molar-refractivity contribution in [1.82, 2.24) is 14.7 Å². The fraction of sp³-hybridized carbons (Fsp3) is 0.389. The summed E-state index contributed by atoms with van der Waals surface area (Å²) in [5.41, 5.74) is 0.950. The molecule has 0 aliphatic carbocycles. The highest BCUT2D eigenvalue weighted by atomic mass is 32.2. The van der Waals surface area contributed by atoms with Crippen molar-refractivity contribution >= 4 is 39.1 Å². The molecule has 0 bridgehead atoms. The number of anilines is 4. The number of nitrogens with one attached hydrogen (secondary N) is 4. The molecular formula is C18H21F3N6O3S. The summed E-state index contributed by atoms with van der Waals surface area (Å²) >= 11 is 0. The van der Waals surface area contributed by atoms with Crippen LogP contribution >= 0.6 is 0 Å². The third kappa shape index (κ3) is 6.04. The summed E-state index contributed by atoms with van der Waals surface area (Å²) in [7, 11) is -2.06. The Kier molecular flexibility index (Phi) is 6.65. The Bertz CT molecular complexity index is 1080. The van der Waals surface area contributed by atoms with Crippen molar-refractivity contribution in [3.05, 3.63) is 35.5 Å². The van der Waals surface area contributed by atoms with Gasteiger partial charge in [-0.25, -0.2) is 18.1 Å². The van der Waals surface area contributed by atoms with Crippen LogP contribution in [0.3, 0.4) is 0 Å². The second kappa shape index (κ2) is 9.06. The first-order chi connectivity index (χ1) is 14.6. The van der Waals surface area contributed by atoms with Gasteiger partial charge >= 0.3 is 6.18 Å². The van der Waals surface area contributed by atoms with E-state index in [0.29, 0.717) is 24.0 Å². The standard InChI is InChI=1S/C18H21F3N6O3S/c1-22-31(29,30)7-3-2-6-23-16-13(18(19,20)21)10-24-17(27-16)25-12-4-5-14-11(8-12)9-15(28)26-14/h4-5,8,10,22H,2-3,6-7,9H2,1H3,(H,26,28)(H2,23,24,25,27). The lowest BCUT2D eigenvalue weighted by atomic mass is 10.1. The Labute approximate surface area is 176 Å². The molecule has 13 heteroatoms. The minimum Gasteiger partial charge on any atom is -0.369 e. The molecule has 1 aromatic heterocycles. The molecule has 0 atom stereocenters. The van der Waals surface area contributed by atoms with Crippen molar-refractivity contribution in [2.45, 2.75) is 25.4 Å². The van der Waals surface area contributed by atoms with Crippen LogP contribution in [0.2, 0.25) is 0 Å². The van der Waals surface area contributed by atoms with Crippen LogP contribution in [0.15, 0.2) is 24.4 Å². The zero-order valence-corrected chi connectivity index (χ0v) is 17.3. The highest BCUT2D eigenvalue weighted by molar-refractivity contribution is 7.89. The molecule has 0 saturated heterocycles. The number of hydrogen-bond donors (Lipinski definition) is 4. The van der Waals surface area contributed by atoms with Gasteiger partial charge in [-0.2, -0.15) is 18.2 Å². The number of nitrogens with zero attached hydrogens (tertiary/aromatic N) is 2. The number of rotatable bonds is 9. The number of sulfonamides is 1. The van der Waals surface area contributed by atoms with Crippen molar-refractivity contribution in [2.24, 2.45) is 0 Å². The van der Waals surface area contributed by atoms with Crippen LogP contribution in [0, 0.1) is 0 Å². The quantitative estimate of drug-likeness (QED) is 0.426. The highest BCUT2D eigenvalue weighted by Crippen LogP contribution is 2.34. The smallest absolute Gasteiger partial charge is 0.369 e. The largest absolute Gasteiger partial charge is 0.421 e. The lowest BCUT2D eigenvalue weighted by Crippen LogP contribution is -2.22. The van der Waals surface area contributed by atoms with Gasteiger partial charge in [0.05, 0.1) is 12.2 Å². The maximum absolute atomic E-state index is 13.3. The second-order valence-electron chi connectivity index (χ2n) is 6.83. The van der Waals surface area contributed by atoms with Crippen LogP contribution in [-0.4, -0.2) is 43.6 Å². The molecule has 0 fully saturated rings. The number of alkyl halides is 3. The van der Waals surface area contributed by atoms with E-state index in [-0.39, 0.29) is 37.0 Å². The number of benzene rings is 1. The molecule has 9 nitrogen and oxygen atoms in total. The molecule has 1 aromatic carbocycles. The fourth-order valence-corrected chi connectivity index (χ4v) is 3.73. The van der Waals surface area contributed by atoms with Crippen molar-refractivity contribution < 1.29 is 26.4 Å². The molecule has 0 unspecified atom stereocenters. The molecule has 3 rings (SSSR count). The Balaban J connectivity index is 1.70. The molecule has 2 aromatic rings. The van der Waals surface area contributed by atoms with Gasteiger partial charge in [-0.05, 0) is 43.7 Å². The normalized spacial score (nSPS) is 13.6. The van der Waals surface area contributed by atoms with Gasteiger partial charge in [-0.3, -0.25) is 4.79 Å². The molecule has 4 N–H and O–H groups in total. The van der Waals surface area contributed by atoms with E-state index in [4.69, 9.17) is 0 Å². The van der Waals surface area contributed by atoms with Crippen LogP contribution in [0.5, 0.6) is 0 Å². The van der Waals surface area contributed by atoms with Gasteiger partial charge in [0.15, 0.2) is 0 Å². The lowest BCUT2D eigenvalue weighted by Gasteiger charge is -2.15. The fourth-order valence-electron chi connectivity index (χ4n) is 2.95. The maximum Gasteiger partial charge on any atom is 0.421 e.